The Morgan fingerprint density at radius 3 is 2.35 bits per heavy atom. The van der Waals surface area contributed by atoms with Gasteiger partial charge in [0.2, 0.25) is 5.91 Å². The number of aromatic nitrogens is 2. The van der Waals surface area contributed by atoms with Crippen molar-refractivity contribution in [1.29, 1.82) is 0 Å². The Kier molecular flexibility index (Phi) is 5.07. The largest absolute Gasteiger partial charge is 0.370 e. The first-order valence-electron chi connectivity index (χ1n) is 8.00. The smallest absolute Gasteiger partial charge is 0.258 e. The van der Waals surface area contributed by atoms with Gasteiger partial charge in [-0.2, -0.15) is 5.10 Å². The zero-order chi connectivity index (χ0) is 18.5. The maximum Gasteiger partial charge on any atom is 0.258 e. The molecule has 0 atom stereocenters. The lowest BCUT2D eigenvalue weighted by Gasteiger charge is -2.22. The van der Waals surface area contributed by atoms with Crippen LogP contribution in [0.4, 0.5) is 10.1 Å². The molecule has 6 nitrogen and oxygen atoms in total. The third-order valence-electron chi connectivity index (χ3n) is 3.85. The molecule has 1 heterocycles. The van der Waals surface area contributed by atoms with Gasteiger partial charge in [-0.3, -0.25) is 9.59 Å². The van der Waals surface area contributed by atoms with E-state index in [1.165, 1.54) is 29.2 Å². The molecular weight excluding hydrogens is 335 g/mol. The number of halogens is 1. The first-order chi connectivity index (χ1) is 12.5. The molecule has 3 aromatic rings. The molecule has 3 rings (SSSR count). The normalized spacial score (nSPS) is 10.5. The number of anilines is 1. The Bertz CT molecular complexity index is 890. The number of carbonyl (C=O) groups is 2. The highest BCUT2D eigenvalue weighted by Gasteiger charge is 2.18. The molecule has 0 unspecified atom stereocenters. The molecule has 0 radical (unpaired) electrons. The number of benzene rings is 2. The van der Waals surface area contributed by atoms with E-state index in [0.29, 0.717) is 11.3 Å². The summed E-state index contributed by atoms with van der Waals surface area (Å²) in [4.78, 5) is 25.4. The number of hydrogen-bond donors (Lipinski definition) is 1. The van der Waals surface area contributed by atoms with Gasteiger partial charge in [-0.1, -0.05) is 0 Å². The lowest BCUT2D eigenvalue weighted by Crippen LogP contribution is -2.34. The number of nitrogens with zero attached hydrogens (tertiary/aromatic N) is 3. The van der Waals surface area contributed by atoms with E-state index >= 15 is 0 Å². The molecule has 7 heteroatoms. The molecule has 132 valence electrons. The number of carbonyl (C=O) groups excluding carboxylic acids is 2. The van der Waals surface area contributed by atoms with Crippen molar-refractivity contribution in [2.24, 2.45) is 5.73 Å². The zero-order valence-corrected chi connectivity index (χ0v) is 13.9. The van der Waals surface area contributed by atoms with Crippen molar-refractivity contribution >= 4 is 17.5 Å². The molecule has 0 spiro atoms. The third-order valence-corrected chi connectivity index (χ3v) is 3.85. The summed E-state index contributed by atoms with van der Waals surface area (Å²) in [6, 6.07) is 14.2. The van der Waals surface area contributed by atoms with Gasteiger partial charge in [0, 0.05) is 36.6 Å². The van der Waals surface area contributed by atoms with Crippen LogP contribution < -0.4 is 10.6 Å². The number of primary amides is 1. The molecule has 0 bridgehead atoms. The SMILES string of the molecule is NC(=O)CCN(C(=O)c1ccc(-n2cccn2)cc1)c1ccc(F)cc1. The molecule has 0 aliphatic carbocycles. The molecule has 26 heavy (non-hydrogen) atoms. The van der Waals surface area contributed by atoms with Crippen LogP contribution in [0, 0.1) is 5.82 Å². The van der Waals surface area contributed by atoms with Crippen LogP contribution in [0.1, 0.15) is 16.8 Å². The predicted octanol–water partition coefficient (Wildman–Crippen LogP) is 2.53. The molecule has 2 N–H and O–H groups in total. The Labute approximate surface area is 149 Å². The predicted molar refractivity (Wildman–Crippen MR) is 95.5 cm³/mol. The molecule has 0 aliphatic heterocycles. The summed E-state index contributed by atoms with van der Waals surface area (Å²) in [5.74, 6) is -1.22. The van der Waals surface area contributed by atoms with Gasteiger partial charge in [-0.15, -0.1) is 0 Å². The van der Waals surface area contributed by atoms with Gasteiger partial charge in [-0.05, 0) is 54.6 Å². The summed E-state index contributed by atoms with van der Waals surface area (Å²) >= 11 is 0. The summed E-state index contributed by atoms with van der Waals surface area (Å²) in [5.41, 5.74) is 6.96. The molecule has 1 aromatic heterocycles. The van der Waals surface area contributed by atoms with Gasteiger partial charge in [0.15, 0.2) is 0 Å². The minimum atomic E-state index is -0.515. The van der Waals surface area contributed by atoms with Crippen LogP contribution in [-0.4, -0.2) is 28.1 Å². The summed E-state index contributed by atoms with van der Waals surface area (Å²) < 4.78 is 14.9. The summed E-state index contributed by atoms with van der Waals surface area (Å²) in [7, 11) is 0. The molecule has 0 aliphatic rings. The second-order valence-corrected chi connectivity index (χ2v) is 5.65. The van der Waals surface area contributed by atoms with Crippen molar-refractivity contribution in [3.63, 3.8) is 0 Å². The number of rotatable bonds is 6. The molecule has 0 fully saturated rings. The number of nitrogens with two attached hydrogens (primary N) is 1. The standard InChI is InChI=1S/C19H17FN4O2/c20-15-4-8-16(9-5-15)23(13-10-18(21)25)19(26)14-2-6-17(7-3-14)24-12-1-11-22-24/h1-9,11-12H,10,13H2,(H2,21,25). The van der Waals surface area contributed by atoms with Crippen molar-refractivity contribution in [1.82, 2.24) is 9.78 Å². The van der Waals surface area contributed by atoms with Crippen LogP contribution in [0.3, 0.4) is 0 Å². The lowest BCUT2D eigenvalue weighted by molar-refractivity contribution is -0.117. The van der Waals surface area contributed by atoms with E-state index in [1.54, 1.807) is 47.4 Å². The fourth-order valence-corrected chi connectivity index (χ4v) is 2.53. The molecular formula is C19H17FN4O2. The highest BCUT2D eigenvalue weighted by molar-refractivity contribution is 6.06. The second-order valence-electron chi connectivity index (χ2n) is 5.65. The number of hydrogen-bond acceptors (Lipinski definition) is 3. The minimum absolute atomic E-state index is 0.00842. The molecule has 2 amide bonds. The van der Waals surface area contributed by atoms with Crippen LogP contribution in [0.5, 0.6) is 0 Å². The van der Waals surface area contributed by atoms with Gasteiger partial charge in [0.25, 0.3) is 5.91 Å². The van der Waals surface area contributed by atoms with Gasteiger partial charge >= 0.3 is 0 Å². The van der Waals surface area contributed by atoms with E-state index in [0.717, 1.165) is 5.69 Å². The zero-order valence-electron chi connectivity index (χ0n) is 13.9. The van der Waals surface area contributed by atoms with Crippen LogP contribution in [0.15, 0.2) is 67.0 Å². The number of amides is 2. The van der Waals surface area contributed by atoms with E-state index < -0.39 is 11.7 Å². The molecule has 0 saturated carbocycles. The van der Waals surface area contributed by atoms with E-state index in [-0.39, 0.29) is 18.9 Å². The fraction of sp³-hybridized carbons (Fsp3) is 0.105. The van der Waals surface area contributed by atoms with Crippen LogP contribution in [0.25, 0.3) is 5.69 Å². The quantitative estimate of drug-likeness (QED) is 0.740. The Balaban J connectivity index is 1.86. The topological polar surface area (TPSA) is 81.2 Å². The lowest BCUT2D eigenvalue weighted by atomic mass is 10.1. The monoisotopic (exact) mass is 352 g/mol. The first kappa shape index (κ1) is 17.3. The van der Waals surface area contributed by atoms with E-state index in [4.69, 9.17) is 5.73 Å². The van der Waals surface area contributed by atoms with Crippen molar-refractivity contribution < 1.29 is 14.0 Å². The molecule has 2 aromatic carbocycles. The highest BCUT2D eigenvalue weighted by atomic mass is 19.1. The van der Waals surface area contributed by atoms with Crippen molar-refractivity contribution in [3.05, 3.63) is 78.4 Å². The van der Waals surface area contributed by atoms with E-state index in [2.05, 4.69) is 5.10 Å². The fourth-order valence-electron chi connectivity index (χ4n) is 2.53. The van der Waals surface area contributed by atoms with Gasteiger partial charge in [0.1, 0.15) is 5.82 Å². The van der Waals surface area contributed by atoms with Gasteiger partial charge in [0.05, 0.1) is 5.69 Å². The van der Waals surface area contributed by atoms with Crippen LogP contribution >= 0.6 is 0 Å². The summed E-state index contributed by atoms with van der Waals surface area (Å²) in [6.07, 6.45) is 3.47. The van der Waals surface area contributed by atoms with Crippen molar-refractivity contribution in [2.75, 3.05) is 11.4 Å². The van der Waals surface area contributed by atoms with E-state index in [9.17, 15) is 14.0 Å². The van der Waals surface area contributed by atoms with Crippen LogP contribution in [-0.2, 0) is 4.79 Å². The molecule has 0 saturated heterocycles. The Hall–Kier alpha value is -3.48. The average molecular weight is 352 g/mol. The second kappa shape index (κ2) is 7.60. The van der Waals surface area contributed by atoms with Crippen molar-refractivity contribution in [3.8, 4) is 5.69 Å². The highest BCUT2D eigenvalue weighted by Crippen LogP contribution is 2.19. The van der Waals surface area contributed by atoms with Crippen molar-refractivity contribution in [2.45, 2.75) is 6.42 Å². The Morgan fingerprint density at radius 1 is 1.08 bits per heavy atom. The third kappa shape index (κ3) is 3.94. The minimum Gasteiger partial charge on any atom is -0.370 e. The summed E-state index contributed by atoms with van der Waals surface area (Å²) in [6.45, 7) is 0.112. The Morgan fingerprint density at radius 2 is 1.77 bits per heavy atom. The van der Waals surface area contributed by atoms with E-state index in [1.807, 2.05) is 0 Å². The maximum atomic E-state index is 13.2. The van der Waals surface area contributed by atoms with Gasteiger partial charge in [-0.25, -0.2) is 9.07 Å². The maximum absolute atomic E-state index is 13.2. The average Bonchev–Trinajstić information content (AvgIpc) is 3.18. The van der Waals surface area contributed by atoms with Crippen LogP contribution in [0.2, 0.25) is 0 Å². The van der Waals surface area contributed by atoms with Gasteiger partial charge < -0.3 is 10.6 Å². The first-order valence-corrected chi connectivity index (χ1v) is 8.00. The summed E-state index contributed by atoms with van der Waals surface area (Å²) in [5, 5.41) is 4.14.